The molecule has 1 atom stereocenters. The van der Waals surface area contributed by atoms with E-state index < -0.39 is 0 Å². The summed E-state index contributed by atoms with van der Waals surface area (Å²) in [4.78, 5) is 0. The zero-order valence-corrected chi connectivity index (χ0v) is 9.33. The number of aliphatic hydroxyl groups excluding tert-OH is 1. The first kappa shape index (κ1) is 11.3. The molecule has 1 heteroatoms. The molecule has 0 saturated carbocycles. The highest BCUT2D eigenvalue weighted by Crippen LogP contribution is 2.27. The van der Waals surface area contributed by atoms with Gasteiger partial charge in [0.2, 0.25) is 0 Å². The van der Waals surface area contributed by atoms with Crippen molar-refractivity contribution in [3.8, 4) is 0 Å². The van der Waals surface area contributed by atoms with Gasteiger partial charge >= 0.3 is 0 Å². The second-order valence-corrected chi connectivity index (χ2v) is 4.27. The van der Waals surface area contributed by atoms with Gasteiger partial charge in [-0.1, -0.05) is 43.7 Å². The molecule has 1 aromatic carbocycles. The molecular weight excluding hydrogens is 172 g/mol. The van der Waals surface area contributed by atoms with Gasteiger partial charge in [0.05, 0.1) is 0 Å². The molecule has 0 aromatic heterocycles. The van der Waals surface area contributed by atoms with Crippen LogP contribution < -0.4 is 0 Å². The summed E-state index contributed by atoms with van der Waals surface area (Å²) < 4.78 is 0. The first-order chi connectivity index (χ1) is 6.65. The number of hydrogen-bond acceptors (Lipinski definition) is 1. The molecule has 0 heterocycles. The van der Waals surface area contributed by atoms with Crippen molar-refractivity contribution in [2.75, 3.05) is 6.61 Å². The summed E-state index contributed by atoms with van der Waals surface area (Å²) in [6.07, 6.45) is 0.862. The smallest absolute Gasteiger partial charge is 0.0436 e. The van der Waals surface area contributed by atoms with Crippen molar-refractivity contribution in [3.63, 3.8) is 0 Å². The average Bonchev–Trinajstić information content (AvgIpc) is 2.15. The van der Waals surface area contributed by atoms with E-state index >= 15 is 0 Å². The summed E-state index contributed by atoms with van der Waals surface area (Å²) in [5, 5.41) is 9.00. The lowest BCUT2D eigenvalue weighted by molar-refractivity contribution is 0.261. The van der Waals surface area contributed by atoms with Crippen molar-refractivity contribution in [1.29, 1.82) is 0 Å². The van der Waals surface area contributed by atoms with Gasteiger partial charge in [-0.05, 0) is 30.7 Å². The maximum Gasteiger partial charge on any atom is 0.0436 e. The van der Waals surface area contributed by atoms with Crippen LogP contribution in [-0.4, -0.2) is 11.7 Å². The molecule has 0 aliphatic rings. The van der Waals surface area contributed by atoms with Crippen LogP contribution in [0.1, 0.15) is 37.3 Å². The Bertz CT molecular complexity index is 261. The number of aryl methyl sites for hydroxylation is 1. The minimum Gasteiger partial charge on any atom is -0.396 e. The molecule has 78 valence electrons. The number of aliphatic hydroxyl groups is 1. The first-order valence-corrected chi connectivity index (χ1v) is 5.32. The third-order valence-electron chi connectivity index (χ3n) is 2.75. The zero-order valence-electron chi connectivity index (χ0n) is 9.33. The molecule has 1 unspecified atom stereocenters. The Morgan fingerprint density at radius 3 is 2.14 bits per heavy atom. The van der Waals surface area contributed by atoms with Gasteiger partial charge in [-0.25, -0.2) is 0 Å². The first-order valence-electron chi connectivity index (χ1n) is 5.32. The lowest BCUT2D eigenvalue weighted by atomic mass is 9.86. The summed E-state index contributed by atoms with van der Waals surface area (Å²) in [7, 11) is 0. The topological polar surface area (TPSA) is 20.2 Å². The van der Waals surface area contributed by atoms with Crippen LogP contribution in [0.2, 0.25) is 0 Å². The molecule has 0 bridgehead atoms. The van der Waals surface area contributed by atoms with E-state index in [1.54, 1.807) is 0 Å². The third kappa shape index (κ3) is 2.85. The van der Waals surface area contributed by atoms with Gasteiger partial charge in [-0.3, -0.25) is 0 Å². The molecule has 0 aliphatic carbocycles. The third-order valence-corrected chi connectivity index (χ3v) is 2.75. The maximum absolute atomic E-state index is 9.00. The zero-order chi connectivity index (χ0) is 10.6. The summed E-state index contributed by atoms with van der Waals surface area (Å²) >= 11 is 0. The second kappa shape index (κ2) is 5.16. The molecule has 1 aromatic rings. The van der Waals surface area contributed by atoms with Crippen LogP contribution in [0.5, 0.6) is 0 Å². The molecule has 0 radical (unpaired) electrons. The Kier molecular flexibility index (Phi) is 4.15. The van der Waals surface area contributed by atoms with Crippen LogP contribution in [0.25, 0.3) is 0 Å². The predicted octanol–water partition coefficient (Wildman–Crippen LogP) is 3.12. The Labute approximate surface area is 86.8 Å². The Morgan fingerprint density at radius 2 is 1.71 bits per heavy atom. The summed E-state index contributed by atoms with van der Waals surface area (Å²) in [6.45, 7) is 6.79. The number of hydrogen-bond donors (Lipinski definition) is 1. The minimum atomic E-state index is 0.275. The largest absolute Gasteiger partial charge is 0.396 e. The molecule has 0 spiro atoms. The van der Waals surface area contributed by atoms with E-state index in [0.29, 0.717) is 11.8 Å². The number of rotatable bonds is 4. The van der Waals surface area contributed by atoms with Crippen molar-refractivity contribution >= 4 is 0 Å². The quantitative estimate of drug-likeness (QED) is 0.777. The summed E-state index contributed by atoms with van der Waals surface area (Å²) in [5.41, 5.74) is 2.64. The second-order valence-electron chi connectivity index (χ2n) is 4.27. The van der Waals surface area contributed by atoms with Gasteiger partial charge in [0.15, 0.2) is 0 Å². The Balaban J connectivity index is 2.82. The summed E-state index contributed by atoms with van der Waals surface area (Å²) in [6, 6.07) is 8.63. The van der Waals surface area contributed by atoms with E-state index in [1.165, 1.54) is 11.1 Å². The SMILES string of the molecule is Cc1ccc(C(CCO)C(C)C)cc1. The van der Waals surface area contributed by atoms with E-state index in [2.05, 4.69) is 45.0 Å². The van der Waals surface area contributed by atoms with E-state index in [1.807, 2.05) is 0 Å². The molecule has 0 fully saturated rings. The lowest BCUT2D eigenvalue weighted by Gasteiger charge is -2.20. The molecule has 1 nitrogen and oxygen atoms in total. The minimum absolute atomic E-state index is 0.275. The van der Waals surface area contributed by atoms with E-state index in [4.69, 9.17) is 5.11 Å². The Hall–Kier alpha value is -0.820. The standard InChI is InChI=1S/C13H20O/c1-10(2)13(8-9-14)12-6-4-11(3)5-7-12/h4-7,10,13-14H,8-9H2,1-3H3. The molecule has 14 heavy (non-hydrogen) atoms. The predicted molar refractivity (Wildman–Crippen MR) is 60.5 cm³/mol. The maximum atomic E-state index is 9.00. The molecule has 0 amide bonds. The van der Waals surface area contributed by atoms with Gasteiger partial charge in [-0.2, -0.15) is 0 Å². The van der Waals surface area contributed by atoms with Crippen LogP contribution in [0, 0.1) is 12.8 Å². The fourth-order valence-electron chi connectivity index (χ4n) is 1.84. The van der Waals surface area contributed by atoms with Crippen LogP contribution >= 0.6 is 0 Å². The van der Waals surface area contributed by atoms with Gasteiger partial charge in [0, 0.05) is 6.61 Å². The van der Waals surface area contributed by atoms with E-state index in [0.717, 1.165) is 6.42 Å². The van der Waals surface area contributed by atoms with Crippen LogP contribution in [0.4, 0.5) is 0 Å². The van der Waals surface area contributed by atoms with Gasteiger partial charge < -0.3 is 5.11 Å². The average molecular weight is 192 g/mol. The summed E-state index contributed by atoms with van der Waals surface area (Å²) in [5.74, 6) is 1.07. The lowest BCUT2D eigenvalue weighted by Crippen LogP contribution is -2.08. The fraction of sp³-hybridized carbons (Fsp3) is 0.538. The normalized spacial score (nSPS) is 13.2. The van der Waals surface area contributed by atoms with Crippen LogP contribution in [0.3, 0.4) is 0 Å². The molecular formula is C13H20O. The number of benzene rings is 1. The van der Waals surface area contributed by atoms with Gasteiger partial charge in [0.25, 0.3) is 0 Å². The molecule has 1 rings (SSSR count). The molecule has 1 N–H and O–H groups in total. The van der Waals surface area contributed by atoms with Gasteiger partial charge in [0.1, 0.15) is 0 Å². The molecule has 0 aliphatic heterocycles. The van der Waals surface area contributed by atoms with Crippen molar-refractivity contribution in [1.82, 2.24) is 0 Å². The van der Waals surface area contributed by atoms with Crippen molar-refractivity contribution < 1.29 is 5.11 Å². The van der Waals surface area contributed by atoms with Crippen molar-refractivity contribution in [3.05, 3.63) is 35.4 Å². The highest BCUT2D eigenvalue weighted by Gasteiger charge is 2.14. The van der Waals surface area contributed by atoms with Crippen LogP contribution in [-0.2, 0) is 0 Å². The van der Waals surface area contributed by atoms with E-state index in [-0.39, 0.29) is 6.61 Å². The highest BCUT2D eigenvalue weighted by atomic mass is 16.3. The van der Waals surface area contributed by atoms with Crippen molar-refractivity contribution in [2.45, 2.75) is 33.1 Å². The molecule has 0 saturated heterocycles. The van der Waals surface area contributed by atoms with E-state index in [9.17, 15) is 0 Å². The van der Waals surface area contributed by atoms with Crippen LogP contribution in [0.15, 0.2) is 24.3 Å². The monoisotopic (exact) mass is 192 g/mol. The Morgan fingerprint density at radius 1 is 1.14 bits per heavy atom. The fourth-order valence-corrected chi connectivity index (χ4v) is 1.84. The van der Waals surface area contributed by atoms with Gasteiger partial charge in [-0.15, -0.1) is 0 Å². The highest BCUT2D eigenvalue weighted by molar-refractivity contribution is 5.24. The van der Waals surface area contributed by atoms with Crippen molar-refractivity contribution in [2.24, 2.45) is 5.92 Å².